The van der Waals surface area contributed by atoms with Gasteiger partial charge in [-0.3, -0.25) is 0 Å². The van der Waals surface area contributed by atoms with E-state index in [4.69, 9.17) is 0 Å². The fourth-order valence-electron chi connectivity index (χ4n) is 2.58. The first-order valence-corrected chi connectivity index (χ1v) is 8.20. The van der Waals surface area contributed by atoms with E-state index in [0.29, 0.717) is 36.5 Å². The van der Waals surface area contributed by atoms with Gasteiger partial charge in [-0.15, -0.1) is 12.6 Å². The summed E-state index contributed by atoms with van der Waals surface area (Å²) < 4.78 is 15.3. The third kappa shape index (κ3) is 4.32. The molecule has 0 aliphatic carbocycles. The molecule has 1 unspecified atom stereocenters. The highest BCUT2D eigenvalue weighted by atomic mass is 32.1. The Kier molecular flexibility index (Phi) is 5.47. The lowest BCUT2D eigenvalue weighted by Crippen LogP contribution is -2.47. The van der Waals surface area contributed by atoms with E-state index in [0.717, 1.165) is 0 Å². The van der Waals surface area contributed by atoms with Crippen molar-refractivity contribution >= 4 is 12.6 Å². The summed E-state index contributed by atoms with van der Waals surface area (Å²) in [6, 6.07) is 6.77. The van der Waals surface area contributed by atoms with Crippen LogP contribution in [-0.2, 0) is 13.0 Å². The average Bonchev–Trinajstić information content (AvgIpc) is 2.85. The molecule has 1 N–H and O–H groups in total. The summed E-state index contributed by atoms with van der Waals surface area (Å²) in [4.78, 5) is 3.98. The fraction of sp³-hybridized carbons (Fsp3) is 0.529. The summed E-state index contributed by atoms with van der Waals surface area (Å²) in [7, 11) is 0. The third-order valence-corrected chi connectivity index (χ3v) is 4.74. The van der Waals surface area contributed by atoms with E-state index < -0.39 is 5.60 Å². The number of rotatable bonds is 6. The number of aromatic nitrogens is 3. The lowest BCUT2D eigenvalue weighted by Gasteiger charge is -2.40. The van der Waals surface area contributed by atoms with E-state index in [9.17, 15) is 9.50 Å². The van der Waals surface area contributed by atoms with Crippen molar-refractivity contribution < 1.29 is 9.50 Å². The monoisotopic (exact) mass is 337 g/mol. The van der Waals surface area contributed by atoms with Gasteiger partial charge in [0, 0.05) is 0 Å². The van der Waals surface area contributed by atoms with Gasteiger partial charge in [0.2, 0.25) is 0 Å². The molecule has 23 heavy (non-hydrogen) atoms. The van der Waals surface area contributed by atoms with E-state index in [1.807, 2.05) is 26.8 Å². The Morgan fingerprint density at radius 3 is 2.52 bits per heavy atom. The highest BCUT2D eigenvalue weighted by Gasteiger charge is 2.40. The maximum atomic E-state index is 13.7. The smallest absolute Gasteiger partial charge is 0.183 e. The number of benzene rings is 1. The number of halogens is 1. The van der Waals surface area contributed by atoms with Crippen molar-refractivity contribution in [1.29, 1.82) is 0 Å². The highest BCUT2D eigenvalue weighted by Crippen LogP contribution is 2.36. The molecule has 1 heterocycles. The number of aryl methyl sites for hydroxylation is 1. The van der Waals surface area contributed by atoms with Crippen molar-refractivity contribution in [1.82, 2.24) is 14.8 Å². The van der Waals surface area contributed by atoms with Crippen molar-refractivity contribution in [3.63, 3.8) is 0 Å². The van der Waals surface area contributed by atoms with Gasteiger partial charge >= 0.3 is 0 Å². The number of hydrogen-bond acceptors (Lipinski definition) is 4. The summed E-state index contributed by atoms with van der Waals surface area (Å²) >= 11 is 4.25. The highest BCUT2D eigenvalue weighted by molar-refractivity contribution is 7.80. The summed E-state index contributed by atoms with van der Waals surface area (Å²) in [5.41, 5.74) is -0.655. The SMILES string of the molecule is CC(C)(C)C(O)(CCCc1ccccc1F)Cn1ncnc1S. The Balaban J connectivity index is 2.07. The van der Waals surface area contributed by atoms with Crippen LogP contribution in [0.3, 0.4) is 0 Å². The Morgan fingerprint density at radius 1 is 1.26 bits per heavy atom. The first kappa shape index (κ1) is 17.9. The van der Waals surface area contributed by atoms with E-state index in [-0.39, 0.29) is 11.2 Å². The van der Waals surface area contributed by atoms with Crippen LogP contribution in [-0.4, -0.2) is 25.5 Å². The van der Waals surface area contributed by atoms with Crippen LogP contribution in [0, 0.1) is 11.2 Å². The third-order valence-electron chi connectivity index (χ3n) is 4.40. The van der Waals surface area contributed by atoms with Crippen molar-refractivity contribution in [2.24, 2.45) is 5.41 Å². The summed E-state index contributed by atoms with van der Waals surface area (Å²) in [6.07, 6.45) is 3.24. The molecule has 1 aromatic heterocycles. The van der Waals surface area contributed by atoms with Crippen molar-refractivity contribution in [3.8, 4) is 0 Å². The molecule has 0 saturated carbocycles. The predicted octanol–water partition coefficient (Wildman–Crippen LogP) is 3.51. The van der Waals surface area contributed by atoms with Gasteiger partial charge in [0.05, 0.1) is 12.1 Å². The quantitative estimate of drug-likeness (QED) is 0.793. The second-order valence-corrected chi connectivity index (χ2v) is 7.34. The van der Waals surface area contributed by atoms with Crippen LogP contribution < -0.4 is 0 Å². The Bertz CT molecular complexity index is 653. The van der Waals surface area contributed by atoms with Crippen molar-refractivity contribution in [2.75, 3.05) is 0 Å². The predicted molar refractivity (Wildman–Crippen MR) is 91.0 cm³/mol. The molecular formula is C17H24FN3OS. The lowest BCUT2D eigenvalue weighted by atomic mass is 9.73. The minimum atomic E-state index is -0.983. The average molecular weight is 337 g/mol. The number of nitrogens with zero attached hydrogens (tertiary/aromatic N) is 3. The van der Waals surface area contributed by atoms with Gasteiger partial charge in [-0.25, -0.2) is 14.1 Å². The summed E-state index contributed by atoms with van der Waals surface area (Å²) in [6.45, 7) is 6.29. The molecule has 0 spiro atoms. The zero-order valence-corrected chi connectivity index (χ0v) is 14.7. The molecule has 1 atom stereocenters. The zero-order chi connectivity index (χ0) is 17.1. The van der Waals surface area contributed by atoms with Crippen LogP contribution in [0.5, 0.6) is 0 Å². The minimum absolute atomic E-state index is 0.194. The van der Waals surface area contributed by atoms with E-state index >= 15 is 0 Å². The topological polar surface area (TPSA) is 50.9 Å². The fourth-order valence-corrected chi connectivity index (χ4v) is 2.76. The molecule has 0 saturated heterocycles. The van der Waals surface area contributed by atoms with Crippen molar-refractivity contribution in [3.05, 3.63) is 42.0 Å². The maximum Gasteiger partial charge on any atom is 0.183 e. The summed E-state index contributed by atoms with van der Waals surface area (Å²) in [5, 5.41) is 15.8. The largest absolute Gasteiger partial charge is 0.387 e. The Labute approximate surface area is 142 Å². The molecule has 0 amide bonds. The molecule has 2 aromatic rings. The van der Waals surface area contributed by atoms with E-state index in [1.165, 1.54) is 12.4 Å². The second-order valence-electron chi connectivity index (χ2n) is 6.94. The van der Waals surface area contributed by atoms with Gasteiger partial charge in [-0.05, 0) is 36.3 Å². The molecule has 126 valence electrons. The number of thiol groups is 1. The van der Waals surface area contributed by atoms with Gasteiger partial charge in [-0.1, -0.05) is 39.0 Å². The maximum absolute atomic E-state index is 13.7. The van der Waals surface area contributed by atoms with Crippen LogP contribution in [0.15, 0.2) is 35.7 Å². The van der Waals surface area contributed by atoms with E-state index in [2.05, 4.69) is 22.7 Å². The van der Waals surface area contributed by atoms with Crippen LogP contribution >= 0.6 is 12.6 Å². The number of hydrogen-bond donors (Lipinski definition) is 2. The van der Waals surface area contributed by atoms with Crippen LogP contribution in [0.1, 0.15) is 39.2 Å². The minimum Gasteiger partial charge on any atom is -0.387 e. The molecule has 0 fully saturated rings. The molecule has 0 aliphatic rings. The zero-order valence-electron chi connectivity index (χ0n) is 13.8. The lowest BCUT2D eigenvalue weighted by molar-refractivity contribution is -0.0826. The molecule has 6 heteroatoms. The molecule has 1 aromatic carbocycles. The van der Waals surface area contributed by atoms with Gasteiger partial charge in [-0.2, -0.15) is 5.10 Å². The Hall–Kier alpha value is -1.40. The van der Waals surface area contributed by atoms with Gasteiger partial charge in [0.15, 0.2) is 5.16 Å². The second kappa shape index (κ2) is 7.01. The normalized spacial score (nSPS) is 14.7. The van der Waals surface area contributed by atoms with Crippen molar-refractivity contribution in [2.45, 2.75) is 57.3 Å². The van der Waals surface area contributed by atoms with Crippen LogP contribution in [0.2, 0.25) is 0 Å². The summed E-state index contributed by atoms with van der Waals surface area (Å²) in [5.74, 6) is -0.194. The number of aliphatic hydroxyl groups is 1. The van der Waals surface area contributed by atoms with Crippen LogP contribution in [0.4, 0.5) is 4.39 Å². The molecule has 4 nitrogen and oxygen atoms in total. The first-order chi connectivity index (χ1) is 10.7. The molecule has 0 radical (unpaired) electrons. The molecule has 2 rings (SSSR count). The molecule has 0 aliphatic heterocycles. The molecule has 0 bridgehead atoms. The van der Waals surface area contributed by atoms with Crippen LogP contribution in [0.25, 0.3) is 0 Å². The van der Waals surface area contributed by atoms with Gasteiger partial charge in [0.1, 0.15) is 12.1 Å². The standard InChI is InChI=1S/C17H24FN3OS/c1-16(2,3)17(22,11-21-15(23)19-12-20-21)10-6-8-13-7-4-5-9-14(13)18/h4-5,7,9,12,22H,6,8,10-11H2,1-3H3,(H,19,20,23). The Morgan fingerprint density at radius 2 is 1.96 bits per heavy atom. The first-order valence-electron chi connectivity index (χ1n) is 7.75. The van der Waals surface area contributed by atoms with Gasteiger partial charge < -0.3 is 5.11 Å². The van der Waals surface area contributed by atoms with E-state index in [1.54, 1.807) is 16.8 Å². The van der Waals surface area contributed by atoms with Gasteiger partial charge in [0.25, 0.3) is 0 Å². The molecular weight excluding hydrogens is 313 g/mol.